The number of carboxylic acid groups (broad SMARTS) is 1. The quantitative estimate of drug-likeness (QED) is 0.242. The molecule has 266 valence electrons. The first-order chi connectivity index (χ1) is 23.0. The van der Waals surface area contributed by atoms with Crippen molar-refractivity contribution in [2.24, 2.45) is 5.92 Å². The molecule has 2 N–H and O–H groups in total. The van der Waals surface area contributed by atoms with Crippen LogP contribution in [0.5, 0.6) is 5.75 Å². The van der Waals surface area contributed by atoms with E-state index in [1.54, 1.807) is 11.0 Å². The van der Waals surface area contributed by atoms with E-state index >= 15 is 0 Å². The number of carbonyl (C=O) groups is 3. The van der Waals surface area contributed by atoms with Crippen LogP contribution in [0.4, 0.5) is 30.7 Å². The summed E-state index contributed by atoms with van der Waals surface area (Å²) in [4.78, 5) is 44.9. The van der Waals surface area contributed by atoms with Crippen molar-refractivity contribution in [1.82, 2.24) is 14.8 Å². The van der Waals surface area contributed by atoms with Crippen molar-refractivity contribution < 1.29 is 55.3 Å². The highest BCUT2D eigenvalue weighted by Crippen LogP contribution is 2.39. The summed E-state index contributed by atoms with van der Waals surface area (Å²) < 4.78 is 89.9. The number of likely N-dealkylation sites (tertiary alicyclic amines) is 1. The van der Waals surface area contributed by atoms with Gasteiger partial charge in [0, 0.05) is 43.2 Å². The first kappa shape index (κ1) is 37.6. The fraction of sp³-hybridized carbons (Fsp3) is 0.455. The van der Waals surface area contributed by atoms with E-state index in [1.165, 1.54) is 17.0 Å². The van der Waals surface area contributed by atoms with Gasteiger partial charge in [0.25, 0.3) is 5.91 Å². The Bertz CT molecular complexity index is 1650. The highest BCUT2D eigenvalue weighted by atomic mass is 32.1. The summed E-state index contributed by atoms with van der Waals surface area (Å²) in [5.41, 5.74) is -0.397. The molecule has 1 fully saturated rings. The van der Waals surface area contributed by atoms with Crippen LogP contribution in [0, 0.1) is 11.7 Å². The highest BCUT2D eigenvalue weighted by Gasteiger charge is 2.44. The molecule has 2 aliphatic heterocycles. The molecule has 0 radical (unpaired) electrons. The molecule has 4 heterocycles. The van der Waals surface area contributed by atoms with E-state index in [0.29, 0.717) is 55.1 Å². The van der Waals surface area contributed by atoms with Crippen molar-refractivity contribution in [2.45, 2.75) is 76.3 Å². The van der Waals surface area contributed by atoms with E-state index in [9.17, 15) is 50.2 Å². The average Bonchev–Trinajstić information content (AvgIpc) is 3.50. The second-order valence-electron chi connectivity index (χ2n) is 11.7. The van der Waals surface area contributed by atoms with E-state index in [2.05, 4.69) is 4.98 Å². The molecular formula is C33H34F7N3O5S. The van der Waals surface area contributed by atoms with Crippen molar-refractivity contribution in [3.05, 3.63) is 81.1 Å². The van der Waals surface area contributed by atoms with E-state index < -0.39 is 64.2 Å². The Morgan fingerprint density at radius 1 is 1.00 bits per heavy atom. The number of aromatic nitrogens is 1. The van der Waals surface area contributed by atoms with Gasteiger partial charge in [-0.1, -0.05) is 19.4 Å². The fourth-order valence-corrected chi connectivity index (χ4v) is 7.03. The van der Waals surface area contributed by atoms with Crippen LogP contribution in [-0.4, -0.2) is 61.9 Å². The number of halogens is 7. The zero-order valence-corrected chi connectivity index (χ0v) is 27.0. The van der Waals surface area contributed by atoms with E-state index in [0.717, 1.165) is 29.3 Å². The molecule has 8 nitrogen and oxygen atoms in total. The number of hydrogen-bond donors (Lipinski definition) is 2. The van der Waals surface area contributed by atoms with Gasteiger partial charge in [0.1, 0.15) is 22.1 Å². The van der Waals surface area contributed by atoms with Gasteiger partial charge in [-0.3, -0.25) is 19.4 Å². The molecule has 0 bridgehead atoms. The normalized spacial score (nSPS) is 19.5. The Morgan fingerprint density at radius 2 is 1.73 bits per heavy atom. The molecule has 1 aromatic carbocycles. The maximum Gasteiger partial charge on any atom is 0.425 e. The number of aliphatic carboxylic acids is 1. The number of benzene rings is 1. The lowest BCUT2D eigenvalue weighted by Gasteiger charge is -2.45. The lowest BCUT2D eigenvalue weighted by Crippen LogP contribution is -2.55. The molecule has 3 aromatic rings. The van der Waals surface area contributed by atoms with Crippen molar-refractivity contribution in [3.8, 4) is 5.75 Å². The van der Waals surface area contributed by atoms with Crippen LogP contribution >= 0.6 is 11.3 Å². The van der Waals surface area contributed by atoms with Gasteiger partial charge in [-0.15, -0.1) is 11.3 Å². The standard InChI is InChI=1S/C28H31F4N3O4.C5H3F3OS/c1-2-5-22-20(6-4-14-34(22)27(39)25-21(28(30,31)32)7-3-13-33-25)26(38)35-15-12-17-16-18(29)8-9-19(17)23(35)10-11-24(36)37;6-5(7,8)4-1-3(9)2-10-4/h3,7-9,13,16,20,22-23H,2,4-6,10-12,14-15H2,1H3,(H,36,37);1-2,9H/t20-,22-,23?;/m1./s1. The number of amides is 2. The van der Waals surface area contributed by atoms with E-state index in [4.69, 9.17) is 5.11 Å². The second kappa shape index (κ2) is 15.6. The number of thiophene rings is 1. The molecule has 49 heavy (non-hydrogen) atoms. The summed E-state index contributed by atoms with van der Waals surface area (Å²) in [5.74, 6) is -3.57. The maximum atomic E-state index is 14.1. The number of carboxylic acids is 1. The van der Waals surface area contributed by atoms with Gasteiger partial charge in [0.15, 0.2) is 0 Å². The van der Waals surface area contributed by atoms with Crippen molar-refractivity contribution >= 4 is 29.1 Å². The predicted octanol–water partition coefficient (Wildman–Crippen LogP) is 7.72. The average molecular weight is 718 g/mol. The summed E-state index contributed by atoms with van der Waals surface area (Å²) >= 11 is 0.481. The summed E-state index contributed by atoms with van der Waals surface area (Å²) in [5, 5.41) is 18.9. The molecule has 16 heteroatoms. The van der Waals surface area contributed by atoms with Crippen molar-refractivity contribution in [3.63, 3.8) is 0 Å². The number of fused-ring (bicyclic) bond motifs is 1. The second-order valence-corrected chi connectivity index (χ2v) is 12.7. The molecule has 2 aromatic heterocycles. The summed E-state index contributed by atoms with van der Waals surface area (Å²) in [7, 11) is 0. The summed E-state index contributed by atoms with van der Waals surface area (Å²) in [6.07, 6.45) is -5.75. The Hall–Kier alpha value is -4.21. The van der Waals surface area contributed by atoms with Crippen molar-refractivity contribution in [1.29, 1.82) is 0 Å². The third kappa shape index (κ3) is 9.08. The third-order valence-electron chi connectivity index (χ3n) is 8.50. The van der Waals surface area contributed by atoms with Crippen LogP contribution in [0.25, 0.3) is 0 Å². The lowest BCUT2D eigenvalue weighted by molar-refractivity contribution is -0.144. The number of carbonyl (C=O) groups excluding carboxylic acids is 2. The molecule has 0 aliphatic carbocycles. The minimum absolute atomic E-state index is 0.135. The van der Waals surface area contributed by atoms with Crippen molar-refractivity contribution in [2.75, 3.05) is 13.1 Å². The fourth-order valence-electron chi connectivity index (χ4n) is 6.39. The van der Waals surface area contributed by atoms with Gasteiger partial charge >= 0.3 is 18.3 Å². The van der Waals surface area contributed by atoms with Gasteiger partial charge in [-0.05, 0) is 67.5 Å². The molecule has 1 unspecified atom stereocenters. The minimum atomic E-state index is -4.76. The van der Waals surface area contributed by atoms with Crippen LogP contribution in [0.15, 0.2) is 48.0 Å². The first-order valence-corrected chi connectivity index (χ1v) is 16.4. The number of alkyl halides is 6. The number of hydrogen-bond acceptors (Lipinski definition) is 6. The van der Waals surface area contributed by atoms with Crippen LogP contribution in [0.1, 0.15) is 83.5 Å². The molecular weight excluding hydrogens is 683 g/mol. The number of piperidine rings is 1. The maximum absolute atomic E-state index is 14.1. The predicted molar refractivity (Wildman–Crippen MR) is 164 cm³/mol. The lowest BCUT2D eigenvalue weighted by atomic mass is 9.82. The van der Waals surface area contributed by atoms with Crippen LogP contribution in [-0.2, 0) is 28.4 Å². The van der Waals surface area contributed by atoms with Gasteiger partial charge in [0.2, 0.25) is 5.91 Å². The topological polar surface area (TPSA) is 111 Å². The Balaban J connectivity index is 0.000000463. The van der Waals surface area contributed by atoms with Gasteiger partial charge < -0.3 is 20.0 Å². The Kier molecular flexibility index (Phi) is 11.9. The van der Waals surface area contributed by atoms with E-state index in [1.807, 2.05) is 6.92 Å². The SMILES string of the molecule is CCC[C@@H]1[C@H](C(=O)N2CCc3cc(F)ccc3C2CCC(=O)O)CCCN1C(=O)c1ncccc1C(F)(F)F.Oc1csc(C(F)(F)F)c1. The van der Waals surface area contributed by atoms with Crippen LogP contribution in [0.3, 0.4) is 0 Å². The zero-order chi connectivity index (χ0) is 36.1. The monoisotopic (exact) mass is 717 g/mol. The van der Waals surface area contributed by atoms with Crippen LogP contribution in [0.2, 0.25) is 0 Å². The molecule has 5 rings (SSSR count). The largest absolute Gasteiger partial charge is 0.507 e. The first-order valence-electron chi connectivity index (χ1n) is 15.5. The Morgan fingerprint density at radius 3 is 2.33 bits per heavy atom. The van der Waals surface area contributed by atoms with Gasteiger partial charge in [-0.2, -0.15) is 26.3 Å². The number of rotatable bonds is 7. The summed E-state index contributed by atoms with van der Waals surface area (Å²) in [6.45, 7) is 2.33. The molecule has 0 saturated carbocycles. The molecule has 2 amide bonds. The molecule has 0 spiro atoms. The minimum Gasteiger partial charge on any atom is -0.507 e. The molecule has 2 aliphatic rings. The van der Waals surface area contributed by atoms with Gasteiger partial charge in [0.05, 0.1) is 17.5 Å². The Labute approximate surface area is 281 Å². The highest BCUT2D eigenvalue weighted by molar-refractivity contribution is 7.10. The number of pyridine rings is 1. The number of nitrogens with zero attached hydrogens (tertiary/aromatic N) is 3. The number of aromatic hydroxyl groups is 1. The molecule has 1 saturated heterocycles. The zero-order valence-electron chi connectivity index (χ0n) is 26.2. The summed E-state index contributed by atoms with van der Waals surface area (Å²) in [6, 6.07) is 5.69. The molecule has 3 atom stereocenters. The smallest absolute Gasteiger partial charge is 0.425 e. The van der Waals surface area contributed by atoms with Gasteiger partial charge in [-0.25, -0.2) is 4.39 Å². The van der Waals surface area contributed by atoms with Crippen LogP contribution < -0.4 is 0 Å². The third-order valence-corrected chi connectivity index (χ3v) is 9.46. The van der Waals surface area contributed by atoms with E-state index in [-0.39, 0.29) is 37.6 Å².